The van der Waals surface area contributed by atoms with E-state index in [2.05, 4.69) is 15.5 Å². The van der Waals surface area contributed by atoms with Crippen molar-refractivity contribution in [1.29, 1.82) is 0 Å². The van der Waals surface area contributed by atoms with Gasteiger partial charge in [-0.25, -0.2) is 4.39 Å². The van der Waals surface area contributed by atoms with Gasteiger partial charge < -0.3 is 16.2 Å². The molecule has 0 radical (unpaired) electrons. The normalized spacial score (nSPS) is 12.7. The summed E-state index contributed by atoms with van der Waals surface area (Å²) in [5.41, 5.74) is 4.14. The highest BCUT2D eigenvalue weighted by atomic mass is 35.5. The van der Waals surface area contributed by atoms with E-state index in [0.717, 1.165) is 0 Å². The van der Waals surface area contributed by atoms with E-state index in [1.165, 1.54) is 36.5 Å². The van der Waals surface area contributed by atoms with Gasteiger partial charge in [0.15, 0.2) is 0 Å². The van der Waals surface area contributed by atoms with Gasteiger partial charge >= 0.3 is 5.97 Å². The number of halogens is 2. The summed E-state index contributed by atoms with van der Waals surface area (Å²) < 4.78 is 14.3. The Labute approximate surface area is 181 Å². The molecule has 5 N–H and O–H groups in total. The van der Waals surface area contributed by atoms with Crippen LogP contribution in [-0.4, -0.2) is 33.1 Å². The van der Waals surface area contributed by atoms with E-state index >= 15 is 0 Å². The molecule has 3 aromatic rings. The standard InChI is InChI=1S/C21H18ClFN4O4/c22-13-5-3-4-12(8-13)21(9-17(24)28,10-18(29)30)26-20(31)15-11-25-27-19(15)14-6-1-2-7-16(14)23/h1-8,11H,9-10H2,(H2,24,28)(H,25,27)(H,26,31)(H,29,30). The first-order valence-corrected chi connectivity index (χ1v) is 9.46. The van der Waals surface area contributed by atoms with Gasteiger partial charge in [-0.1, -0.05) is 35.9 Å². The Hall–Kier alpha value is -3.72. The number of aliphatic carboxylic acids is 1. The Morgan fingerprint density at radius 1 is 1.16 bits per heavy atom. The first kappa shape index (κ1) is 22.0. The SMILES string of the molecule is NC(=O)CC(CC(=O)O)(NC(=O)c1cn[nH]c1-c1ccccc1F)c1cccc(Cl)c1. The van der Waals surface area contributed by atoms with E-state index < -0.39 is 42.0 Å². The fraction of sp³-hybridized carbons (Fsp3) is 0.143. The summed E-state index contributed by atoms with van der Waals surface area (Å²) in [4.78, 5) is 36.7. The highest BCUT2D eigenvalue weighted by Crippen LogP contribution is 2.32. The van der Waals surface area contributed by atoms with E-state index in [-0.39, 0.29) is 27.4 Å². The smallest absolute Gasteiger partial charge is 0.306 e. The third-order valence-corrected chi connectivity index (χ3v) is 4.92. The van der Waals surface area contributed by atoms with Crippen LogP contribution in [0.15, 0.2) is 54.7 Å². The van der Waals surface area contributed by atoms with Gasteiger partial charge in [-0.3, -0.25) is 19.5 Å². The van der Waals surface area contributed by atoms with Crippen molar-refractivity contribution in [3.8, 4) is 11.3 Å². The predicted octanol–water partition coefficient (Wildman–Crippen LogP) is 2.84. The number of carboxylic acids is 1. The number of carboxylic acid groups (broad SMARTS) is 1. The molecule has 0 saturated heterocycles. The summed E-state index contributed by atoms with van der Waals surface area (Å²) in [7, 11) is 0. The second-order valence-corrected chi connectivity index (χ2v) is 7.34. The van der Waals surface area contributed by atoms with Crippen LogP contribution in [0.4, 0.5) is 4.39 Å². The molecule has 8 nitrogen and oxygen atoms in total. The van der Waals surface area contributed by atoms with E-state index in [9.17, 15) is 23.9 Å². The van der Waals surface area contributed by atoms with Crippen LogP contribution in [0.3, 0.4) is 0 Å². The third-order valence-electron chi connectivity index (χ3n) is 4.69. The molecule has 3 rings (SSSR count). The van der Waals surface area contributed by atoms with Gasteiger partial charge in [0.1, 0.15) is 5.82 Å². The van der Waals surface area contributed by atoms with Gasteiger partial charge in [0, 0.05) is 10.6 Å². The third kappa shape index (κ3) is 4.89. The lowest BCUT2D eigenvalue weighted by atomic mass is 9.82. The molecule has 1 atom stereocenters. The summed E-state index contributed by atoms with van der Waals surface area (Å²) >= 11 is 6.05. The number of rotatable bonds is 8. The summed E-state index contributed by atoms with van der Waals surface area (Å²) in [6.07, 6.45) is 0.0397. The topological polar surface area (TPSA) is 138 Å². The first-order chi connectivity index (χ1) is 14.7. The number of nitrogens with two attached hydrogens (primary N) is 1. The molecule has 0 spiro atoms. The molecule has 2 aromatic carbocycles. The lowest BCUT2D eigenvalue weighted by Crippen LogP contribution is -2.49. The molecule has 0 saturated carbocycles. The number of carbonyl (C=O) groups excluding carboxylic acids is 2. The average Bonchev–Trinajstić information content (AvgIpc) is 3.17. The Morgan fingerprint density at radius 2 is 1.90 bits per heavy atom. The van der Waals surface area contributed by atoms with Crippen LogP contribution in [0.5, 0.6) is 0 Å². The van der Waals surface area contributed by atoms with Crippen molar-refractivity contribution >= 4 is 29.4 Å². The number of amides is 2. The zero-order chi connectivity index (χ0) is 22.6. The van der Waals surface area contributed by atoms with Crippen molar-refractivity contribution in [2.24, 2.45) is 5.73 Å². The second-order valence-electron chi connectivity index (χ2n) is 6.90. The molecule has 31 heavy (non-hydrogen) atoms. The quantitative estimate of drug-likeness (QED) is 0.423. The number of carbonyl (C=O) groups is 3. The van der Waals surface area contributed by atoms with E-state index in [4.69, 9.17) is 17.3 Å². The Kier molecular flexibility index (Phi) is 6.36. The molecule has 160 valence electrons. The van der Waals surface area contributed by atoms with Gasteiger partial charge in [-0.2, -0.15) is 5.10 Å². The van der Waals surface area contributed by atoms with Crippen molar-refractivity contribution in [3.63, 3.8) is 0 Å². The molecule has 0 bridgehead atoms. The number of benzene rings is 2. The summed E-state index contributed by atoms with van der Waals surface area (Å²) in [6, 6.07) is 11.9. The van der Waals surface area contributed by atoms with E-state index in [0.29, 0.717) is 0 Å². The van der Waals surface area contributed by atoms with Crippen LogP contribution < -0.4 is 11.1 Å². The zero-order valence-corrected chi connectivity index (χ0v) is 16.8. The minimum absolute atomic E-state index is 0.0358. The van der Waals surface area contributed by atoms with Gasteiger partial charge in [-0.05, 0) is 29.8 Å². The molecule has 0 aliphatic heterocycles. The van der Waals surface area contributed by atoms with Crippen molar-refractivity contribution in [2.75, 3.05) is 0 Å². The highest BCUT2D eigenvalue weighted by molar-refractivity contribution is 6.30. The van der Waals surface area contributed by atoms with Crippen LogP contribution >= 0.6 is 11.6 Å². The zero-order valence-electron chi connectivity index (χ0n) is 16.1. The van der Waals surface area contributed by atoms with Crippen molar-refractivity contribution in [3.05, 3.63) is 76.7 Å². The second kappa shape index (κ2) is 8.97. The van der Waals surface area contributed by atoms with Crippen LogP contribution in [0.2, 0.25) is 5.02 Å². The Bertz CT molecular complexity index is 1130. The first-order valence-electron chi connectivity index (χ1n) is 9.09. The van der Waals surface area contributed by atoms with Crippen molar-refractivity contribution in [1.82, 2.24) is 15.5 Å². The maximum absolute atomic E-state index is 14.3. The molecule has 10 heteroatoms. The fourth-order valence-electron chi connectivity index (χ4n) is 3.38. The highest BCUT2D eigenvalue weighted by Gasteiger charge is 2.39. The molecule has 0 aliphatic carbocycles. The minimum Gasteiger partial charge on any atom is -0.481 e. The Morgan fingerprint density at radius 3 is 2.55 bits per heavy atom. The molecule has 0 aliphatic rings. The van der Waals surface area contributed by atoms with Crippen LogP contribution in [0.1, 0.15) is 28.8 Å². The molecular formula is C21H18ClFN4O4. The monoisotopic (exact) mass is 444 g/mol. The number of primary amides is 1. The fourth-order valence-corrected chi connectivity index (χ4v) is 3.57. The van der Waals surface area contributed by atoms with Crippen LogP contribution in [-0.2, 0) is 15.1 Å². The van der Waals surface area contributed by atoms with Gasteiger partial charge in [0.05, 0.1) is 35.8 Å². The summed E-state index contributed by atoms with van der Waals surface area (Å²) in [6.45, 7) is 0. The van der Waals surface area contributed by atoms with Gasteiger partial charge in [-0.15, -0.1) is 0 Å². The number of hydrogen-bond donors (Lipinski definition) is 4. The Balaban J connectivity index is 2.07. The average molecular weight is 445 g/mol. The number of nitrogens with zero attached hydrogens (tertiary/aromatic N) is 1. The lowest BCUT2D eigenvalue weighted by Gasteiger charge is -2.33. The van der Waals surface area contributed by atoms with Gasteiger partial charge in [0.2, 0.25) is 5.91 Å². The molecule has 1 heterocycles. The van der Waals surface area contributed by atoms with Crippen LogP contribution in [0, 0.1) is 5.82 Å². The number of H-pyrrole nitrogens is 1. The molecule has 1 unspecified atom stereocenters. The largest absolute Gasteiger partial charge is 0.481 e. The van der Waals surface area contributed by atoms with Gasteiger partial charge in [0.25, 0.3) is 5.91 Å². The molecule has 1 aromatic heterocycles. The number of aromatic nitrogens is 2. The molecule has 2 amide bonds. The van der Waals surface area contributed by atoms with Crippen molar-refractivity contribution < 1.29 is 23.9 Å². The molecule has 0 fully saturated rings. The number of aromatic amines is 1. The summed E-state index contributed by atoms with van der Waals surface area (Å²) in [5.74, 6) is -3.45. The van der Waals surface area contributed by atoms with E-state index in [1.807, 2.05) is 0 Å². The maximum atomic E-state index is 14.3. The number of nitrogens with one attached hydrogen (secondary N) is 2. The maximum Gasteiger partial charge on any atom is 0.306 e. The number of hydrogen-bond acceptors (Lipinski definition) is 4. The minimum atomic E-state index is -1.69. The predicted molar refractivity (Wildman–Crippen MR) is 111 cm³/mol. The van der Waals surface area contributed by atoms with Crippen molar-refractivity contribution in [2.45, 2.75) is 18.4 Å². The summed E-state index contributed by atoms with van der Waals surface area (Å²) in [5, 5.41) is 18.8. The lowest BCUT2D eigenvalue weighted by molar-refractivity contribution is -0.139. The van der Waals surface area contributed by atoms with Crippen LogP contribution in [0.25, 0.3) is 11.3 Å². The van der Waals surface area contributed by atoms with E-state index in [1.54, 1.807) is 18.2 Å². The molecular weight excluding hydrogens is 427 g/mol.